The molecule has 9 rings (SSSR count). The highest BCUT2D eigenvalue weighted by molar-refractivity contribution is 6.24. The largest absolute Gasteiger partial charge is 0.456 e. The van der Waals surface area contributed by atoms with Crippen molar-refractivity contribution in [2.45, 2.75) is 0 Å². The first kappa shape index (κ1) is 23.0. The van der Waals surface area contributed by atoms with E-state index in [4.69, 9.17) is 6.11 Å². The number of hydrogen-bond acceptors (Lipinski definition) is 1. The van der Waals surface area contributed by atoms with E-state index in [1.165, 1.54) is 38.6 Å². The van der Waals surface area contributed by atoms with Crippen molar-refractivity contribution >= 4 is 32.3 Å². The summed E-state index contributed by atoms with van der Waals surface area (Å²) in [5, 5.41) is 6.89. The molecule has 0 atom stereocenters. The number of benzene rings is 8. The van der Waals surface area contributed by atoms with E-state index in [0.29, 0.717) is 6.04 Å². The van der Waals surface area contributed by atoms with Gasteiger partial charge >= 0.3 is 0 Å². The summed E-state index contributed by atoms with van der Waals surface area (Å²) in [6, 6.07) is 53.8. The van der Waals surface area contributed by atoms with Crippen LogP contribution in [-0.2, 0) is 0 Å². The molecule has 0 unspecified atom stereocenters. The van der Waals surface area contributed by atoms with Gasteiger partial charge in [-0.25, -0.2) is 0 Å². The van der Waals surface area contributed by atoms with Crippen molar-refractivity contribution in [1.82, 2.24) is 0 Å². The molecule has 0 amide bonds. The van der Waals surface area contributed by atoms with E-state index in [1.807, 2.05) is 30.3 Å². The zero-order valence-corrected chi connectivity index (χ0v) is 23.3. The minimum Gasteiger partial charge on any atom is -0.456 e. The highest BCUT2D eigenvalue weighted by Gasteiger charge is 2.23. The SMILES string of the molecule is [2H]c1ccc2c(-c3ccc4c5c(cccc35)-c3ccccc3O4)c3ccccc3c(-c3ccc(-c4ccccc4)cc3)c2c1. The first-order chi connectivity index (χ1) is 21.7. The Kier molecular flexibility index (Phi) is 5.04. The Labute approximate surface area is 251 Å². The summed E-state index contributed by atoms with van der Waals surface area (Å²) < 4.78 is 15.1. The van der Waals surface area contributed by atoms with Gasteiger partial charge in [-0.05, 0) is 84.1 Å². The molecule has 0 fully saturated rings. The first-order valence-corrected chi connectivity index (χ1v) is 14.7. The lowest BCUT2D eigenvalue weighted by molar-refractivity contribution is 0.487. The monoisotopic (exact) mass is 547 g/mol. The Morgan fingerprint density at radius 3 is 1.79 bits per heavy atom. The molecule has 1 heteroatoms. The number of hydrogen-bond donors (Lipinski definition) is 0. The van der Waals surface area contributed by atoms with Gasteiger partial charge in [-0.1, -0.05) is 140 Å². The third-order valence-corrected chi connectivity index (χ3v) is 8.82. The Bertz CT molecular complexity index is 2410. The molecule has 8 aromatic rings. The summed E-state index contributed by atoms with van der Waals surface area (Å²) in [6.07, 6.45) is 0. The lowest BCUT2D eigenvalue weighted by atomic mass is 9.83. The maximum absolute atomic E-state index is 8.64. The van der Waals surface area contributed by atoms with Gasteiger partial charge in [0, 0.05) is 10.9 Å². The average Bonchev–Trinajstić information content (AvgIpc) is 3.08. The summed E-state index contributed by atoms with van der Waals surface area (Å²) in [5.74, 6) is 1.77. The van der Waals surface area contributed by atoms with Crippen LogP contribution >= 0.6 is 0 Å². The second-order valence-corrected chi connectivity index (χ2v) is 11.1. The Morgan fingerprint density at radius 1 is 0.349 bits per heavy atom. The summed E-state index contributed by atoms with van der Waals surface area (Å²) in [7, 11) is 0. The Morgan fingerprint density at radius 2 is 0.953 bits per heavy atom. The van der Waals surface area contributed by atoms with Crippen molar-refractivity contribution in [3.05, 3.63) is 158 Å². The topological polar surface area (TPSA) is 9.23 Å². The van der Waals surface area contributed by atoms with Crippen LogP contribution in [-0.4, -0.2) is 0 Å². The van der Waals surface area contributed by atoms with Gasteiger partial charge in [0.1, 0.15) is 11.5 Å². The average molecular weight is 548 g/mol. The van der Waals surface area contributed by atoms with E-state index < -0.39 is 0 Å². The lowest BCUT2D eigenvalue weighted by Gasteiger charge is -2.24. The van der Waals surface area contributed by atoms with Crippen LogP contribution in [0.2, 0.25) is 0 Å². The number of rotatable bonds is 3. The predicted octanol–water partition coefficient (Wildman–Crippen LogP) is 11.9. The number of para-hydroxylation sites is 1. The Balaban J connectivity index is 1.34. The molecule has 43 heavy (non-hydrogen) atoms. The van der Waals surface area contributed by atoms with Crippen LogP contribution in [0, 0.1) is 0 Å². The highest BCUT2D eigenvalue weighted by Crippen LogP contribution is 2.51. The fraction of sp³-hybridized carbons (Fsp3) is 0. The lowest BCUT2D eigenvalue weighted by Crippen LogP contribution is -1.98. The third-order valence-electron chi connectivity index (χ3n) is 8.82. The van der Waals surface area contributed by atoms with Crippen LogP contribution in [0.5, 0.6) is 11.5 Å². The summed E-state index contributed by atoms with van der Waals surface area (Å²) in [4.78, 5) is 0. The van der Waals surface area contributed by atoms with Crippen molar-refractivity contribution in [2.24, 2.45) is 0 Å². The fourth-order valence-corrected chi connectivity index (χ4v) is 6.92. The molecular weight excluding hydrogens is 520 g/mol. The van der Waals surface area contributed by atoms with Crippen molar-refractivity contribution in [2.75, 3.05) is 0 Å². The Hall–Kier alpha value is -5.66. The molecule has 200 valence electrons. The first-order valence-electron chi connectivity index (χ1n) is 15.2. The second kappa shape index (κ2) is 9.44. The molecule has 1 aliphatic rings. The zero-order chi connectivity index (χ0) is 29.2. The van der Waals surface area contributed by atoms with Crippen molar-refractivity contribution in [3.8, 4) is 56.0 Å². The van der Waals surface area contributed by atoms with Crippen LogP contribution in [0.3, 0.4) is 0 Å². The second-order valence-electron chi connectivity index (χ2n) is 11.1. The van der Waals surface area contributed by atoms with Gasteiger partial charge in [0.15, 0.2) is 0 Å². The van der Waals surface area contributed by atoms with E-state index in [0.717, 1.165) is 49.7 Å². The van der Waals surface area contributed by atoms with Crippen LogP contribution in [0.1, 0.15) is 1.37 Å². The van der Waals surface area contributed by atoms with Gasteiger partial charge in [0.2, 0.25) is 0 Å². The van der Waals surface area contributed by atoms with Crippen molar-refractivity contribution in [3.63, 3.8) is 0 Å². The molecule has 0 radical (unpaired) electrons. The van der Waals surface area contributed by atoms with Crippen LogP contribution in [0.15, 0.2) is 158 Å². The molecule has 1 nitrogen and oxygen atoms in total. The van der Waals surface area contributed by atoms with Crippen molar-refractivity contribution < 1.29 is 6.11 Å². The van der Waals surface area contributed by atoms with Crippen LogP contribution < -0.4 is 4.74 Å². The third kappa shape index (κ3) is 3.65. The molecule has 1 aliphatic heterocycles. The predicted molar refractivity (Wildman–Crippen MR) is 181 cm³/mol. The quantitative estimate of drug-likeness (QED) is 0.200. The molecule has 0 bridgehead atoms. The molecule has 1 heterocycles. The maximum Gasteiger partial charge on any atom is 0.135 e. The molecule has 0 saturated carbocycles. The van der Waals surface area contributed by atoms with Gasteiger partial charge in [-0.3, -0.25) is 0 Å². The number of ether oxygens (including phenoxy) is 1. The molecule has 0 N–H and O–H groups in total. The van der Waals surface area contributed by atoms with Gasteiger partial charge < -0.3 is 4.74 Å². The van der Waals surface area contributed by atoms with Crippen LogP contribution in [0.25, 0.3) is 76.8 Å². The minimum absolute atomic E-state index is 0.503. The van der Waals surface area contributed by atoms with E-state index in [9.17, 15) is 0 Å². The molecule has 8 aromatic carbocycles. The van der Waals surface area contributed by atoms with Gasteiger partial charge in [0.25, 0.3) is 0 Å². The molecule has 0 aliphatic carbocycles. The zero-order valence-electron chi connectivity index (χ0n) is 24.3. The standard InChI is InChI=1S/C42H26O/c1-2-11-27(12-3-1)28-21-23-29(24-22-28)40-32-14-4-6-16-34(32)41(35-17-7-5-15-33(35)40)37-25-26-39-42-31(18-10-19-36(37)42)30-13-8-9-20-38(30)43-39/h1-26H/i4D. The normalized spacial score (nSPS) is 12.2. The molecule has 0 aromatic heterocycles. The van der Waals surface area contributed by atoms with Gasteiger partial charge in [-0.15, -0.1) is 0 Å². The minimum atomic E-state index is 0.503. The summed E-state index contributed by atoms with van der Waals surface area (Å²) in [6.45, 7) is 0. The number of fused-ring (bicyclic) bond motifs is 4. The van der Waals surface area contributed by atoms with E-state index in [-0.39, 0.29) is 0 Å². The fourth-order valence-electron chi connectivity index (χ4n) is 6.92. The summed E-state index contributed by atoms with van der Waals surface area (Å²) >= 11 is 0. The molecular formula is C42H26O. The van der Waals surface area contributed by atoms with Gasteiger partial charge in [0.05, 0.1) is 1.37 Å². The van der Waals surface area contributed by atoms with E-state index >= 15 is 0 Å². The van der Waals surface area contributed by atoms with Crippen LogP contribution in [0.4, 0.5) is 0 Å². The molecule has 0 saturated heterocycles. The van der Waals surface area contributed by atoms with Crippen molar-refractivity contribution in [1.29, 1.82) is 0 Å². The smallest absolute Gasteiger partial charge is 0.135 e. The summed E-state index contributed by atoms with van der Waals surface area (Å²) in [5.41, 5.74) is 9.35. The maximum atomic E-state index is 8.64. The van der Waals surface area contributed by atoms with E-state index in [2.05, 4.69) is 121 Å². The van der Waals surface area contributed by atoms with E-state index in [1.54, 1.807) is 0 Å². The molecule has 0 spiro atoms. The highest BCUT2D eigenvalue weighted by atomic mass is 16.5. The van der Waals surface area contributed by atoms with Gasteiger partial charge in [-0.2, -0.15) is 0 Å².